The number of ether oxygens (including phenoxy) is 1. The zero-order valence-electron chi connectivity index (χ0n) is 11.0. The van der Waals surface area contributed by atoms with Gasteiger partial charge in [-0.1, -0.05) is 33.6 Å². The number of hydrazine groups is 1. The summed E-state index contributed by atoms with van der Waals surface area (Å²) in [5, 5.41) is 0. The van der Waals surface area contributed by atoms with Gasteiger partial charge in [0.2, 0.25) is 0 Å². The van der Waals surface area contributed by atoms with Gasteiger partial charge in [-0.3, -0.25) is 11.3 Å². The lowest BCUT2D eigenvalue weighted by atomic mass is 9.88. The molecule has 1 fully saturated rings. The Balaban J connectivity index is 2.34. The Kier molecular flexibility index (Phi) is 6.32. The number of nitrogens with two attached hydrogens (primary N) is 1. The Morgan fingerprint density at radius 1 is 1.38 bits per heavy atom. The summed E-state index contributed by atoms with van der Waals surface area (Å²) < 4.78 is 5.73. The summed E-state index contributed by atoms with van der Waals surface area (Å²) in [5.74, 6) is 7.09. The second-order valence-electron chi connectivity index (χ2n) is 5.37. The van der Waals surface area contributed by atoms with Gasteiger partial charge in [-0.15, -0.1) is 0 Å². The molecule has 3 N–H and O–H groups in total. The molecule has 1 aliphatic rings. The van der Waals surface area contributed by atoms with Crippen LogP contribution in [-0.4, -0.2) is 18.8 Å². The van der Waals surface area contributed by atoms with Crippen molar-refractivity contribution in [2.45, 2.75) is 65.0 Å². The Bertz CT molecular complexity index is 185. The van der Waals surface area contributed by atoms with Crippen molar-refractivity contribution in [1.82, 2.24) is 5.43 Å². The minimum absolute atomic E-state index is 0.417. The average molecular weight is 228 g/mol. The summed E-state index contributed by atoms with van der Waals surface area (Å²) in [4.78, 5) is 0. The Morgan fingerprint density at radius 3 is 2.69 bits per heavy atom. The van der Waals surface area contributed by atoms with Crippen LogP contribution in [0.4, 0.5) is 0 Å². The van der Waals surface area contributed by atoms with Crippen molar-refractivity contribution in [2.75, 3.05) is 6.61 Å². The highest BCUT2D eigenvalue weighted by molar-refractivity contribution is 4.84. The molecule has 96 valence electrons. The van der Waals surface area contributed by atoms with Gasteiger partial charge in [-0.05, 0) is 25.2 Å². The van der Waals surface area contributed by atoms with Gasteiger partial charge in [0.25, 0.3) is 0 Å². The van der Waals surface area contributed by atoms with Gasteiger partial charge in [0.15, 0.2) is 0 Å². The van der Waals surface area contributed by atoms with E-state index in [2.05, 4.69) is 26.2 Å². The summed E-state index contributed by atoms with van der Waals surface area (Å²) in [6.45, 7) is 7.66. The lowest BCUT2D eigenvalue weighted by Gasteiger charge is -2.26. The smallest absolute Gasteiger partial charge is 0.0616 e. The molecule has 1 rings (SSSR count). The van der Waals surface area contributed by atoms with Crippen LogP contribution in [0.25, 0.3) is 0 Å². The fourth-order valence-electron chi connectivity index (χ4n) is 2.71. The lowest BCUT2D eigenvalue weighted by Crippen LogP contribution is -2.43. The van der Waals surface area contributed by atoms with Crippen LogP contribution in [0, 0.1) is 11.8 Å². The van der Waals surface area contributed by atoms with Crippen LogP contribution in [0.5, 0.6) is 0 Å². The highest BCUT2D eigenvalue weighted by Crippen LogP contribution is 2.28. The topological polar surface area (TPSA) is 47.3 Å². The third kappa shape index (κ3) is 4.04. The molecule has 0 aromatic heterocycles. The third-order valence-corrected chi connectivity index (χ3v) is 3.69. The van der Waals surface area contributed by atoms with E-state index in [1.807, 2.05) is 0 Å². The van der Waals surface area contributed by atoms with E-state index in [9.17, 15) is 0 Å². The molecule has 0 saturated carbocycles. The predicted octanol–water partition coefficient (Wildman–Crippen LogP) is 2.46. The molecular weight excluding hydrogens is 200 g/mol. The van der Waals surface area contributed by atoms with Crippen molar-refractivity contribution in [2.24, 2.45) is 17.7 Å². The van der Waals surface area contributed by atoms with Gasteiger partial charge < -0.3 is 4.74 Å². The lowest BCUT2D eigenvalue weighted by molar-refractivity contribution is 0.0760. The standard InChI is InChI=1S/C13H28N2O/c1-4-13-11(8-9-16-13)12(15-14)7-5-6-10(2)3/h10-13,15H,4-9,14H2,1-3H3. The first-order chi connectivity index (χ1) is 7.69. The number of hydrogen-bond acceptors (Lipinski definition) is 3. The van der Waals surface area contributed by atoms with E-state index in [1.54, 1.807) is 0 Å². The minimum atomic E-state index is 0.417. The minimum Gasteiger partial charge on any atom is -0.378 e. The SMILES string of the molecule is CCC1OCCC1C(CCCC(C)C)NN. The zero-order chi connectivity index (χ0) is 12.0. The van der Waals surface area contributed by atoms with Gasteiger partial charge in [-0.2, -0.15) is 0 Å². The third-order valence-electron chi connectivity index (χ3n) is 3.69. The maximum Gasteiger partial charge on any atom is 0.0616 e. The second-order valence-corrected chi connectivity index (χ2v) is 5.37. The average Bonchev–Trinajstić information content (AvgIpc) is 2.72. The molecule has 0 aliphatic carbocycles. The van der Waals surface area contributed by atoms with Crippen molar-refractivity contribution < 1.29 is 4.74 Å². The van der Waals surface area contributed by atoms with E-state index in [0.717, 1.165) is 25.4 Å². The molecule has 0 amide bonds. The van der Waals surface area contributed by atoms with E-state index in [0.29, 0.717) is 18.1 Å². The highest BCUT2D eigenvalue weighted by Gasteiger charge is 2.32. The predicted molar refractivity (Wildman–Crippen MR) is 67.9 cm³/mol. The maximum atomic E-state index is 5.73. The van der Waals surface area contributed by atoms with E-state index in [-0.39, 0.29) is 0 Å². The quantitative estimate of drug-likeness (QED) is 0.520. The fourth-order valence-corrected chi connectivity index (χ4v) is 2.71. The molecule has 0 spiro atoms. The zero-order valence-corrected chi connectivity index (χ0v) is 11.0. The number of nitrogens with one attached hydrogen (secondary N) is 1. The molecule has 0 bridgehead atoms. The molecule has 1 saturated heterocycles. The van der Waals surface area contributed by atoms with Crippen LogP contribution in [0.15, 0.2) is 0 Å². The van der Waals surface area contributed by atoms with E-state index >= 15 is 0 Å². The first-order valence-corrected chi connectivity index (χ1v) is 6.76. The summed E-state index contributed by atoms with van der Waals surface area (Å²) in [6.07, 6.45) is 6.42. The van der Waals surface area contributed by atoms with Gasteiger partial charge in [-0.25, -0.2) is 0 Å². The second kappa shape index (κ2) is 7.25. The van der Waals surface area contributed by atoms with Crippen LogP contribution < -0.4 is 11.3 Å². The maximum absolute atomic E-state index is 5.73. The summed E-state index contributed by atoms with van der Waals surface area (Å²) in [5.41, 5.74) is 3.00. The van der Waals surface area contributed by atoms with Crippen LogP contribution in [0.3, 0.4) is 0 Å². The Morgan fingerprint density at radius 2 is 2.12 bits per heavy atom. The van der Waals surface area contributed by atoms with Crippen molar-refractivity contribution in [1.29, 1.82) is 0 Å². The molecule has 3 heteroatoms. The van der Waals surface area contributed by atoms with Crippen molar-refractivity contribution in [3.63, 3.8) is 0 Å². The molecule has 3 nitrogen and oxygen atoms in total. The summed E-state index contributed by atoms with van der Waals surface area (Å²) in [6, 6.07) is 0.436. The number of rotatable bonds is 7. The Hall–Kier alpha value is -0.120. The molecular formula is C13H28N2O. The molecule has 16 heavy (non-hydrogen) atoms. The molecule has 0 aromatic rings. The van der Waals surface area contributed by atoms with Gasteiger partial charge in [0.1, 0.15) is 0 Å². The normalized spacial score (nSPS) is 27.6. The molecule has 3 unspecified atom stereocenters. The van der Waals surface area contributed by atoms with E-state index < -0.39 is 0 Å². The highest BCUT2D eigenvalue weighted by atomic mass is 16.5. The monoisotopic (exact) mass is 228 g/mol. The summed E-state index contributed by atoms with van der Waals surface area (Å²) in [7, 11) is 0. The van der Waals surface area contributed by atoms with Crippen molar-refractivity contribution >= 4 is 0 Å². The van der Waals surface area contributed by atoms with Crippen molar-refractivity contribution in [3.8, 4) is 0 Å². The van der Waals surface area contributed by atoms with Crippen LogP contribution in [-0.2, 0) is 4.74 Å². The fraction of sp³-hybridized carbons (Fsp3) is 1.00. The molecule has 0 radical (unpaired) electrons. The van der Waals surface area contributed by atoms with Crippen LogP contribution >= 0.6 is 0 Å². The molecule has 0 aromatic carbocycles. The Labute approximate surface area is 100 Å². The van der Waals surface area contributed by atoms with E-state index in [1.165, 1.54) is 19.3 Å². The number of hydrogen-bond donors (Lipinski definition) is 2. The molecule has 1 aliphatic heterocycles. The van der Waals surface area contributed by atoms with Gasteiger partial charge in [0, 0.05) is 18.6 Å². The van der Waals surface area contributed by atoms with E-state index in [4.69, 9.17) is 10.6 Å². The molecule has 1 heterocycles. The van der Waals surface area contributed by atoms with Crippen molar-refractivity contribution in [3.05, 3.63) is 0 Å². The van der Waals surface area contributed by atoms with Crippen LogP contribution in [0.2, 0.25) is 0 Å². The molecule has 3 atom stereocenters. The van der Waals surface area contributed by atoms with Gasteiger partial charge >= 0.3 is 0 Å². The summed E-state index contributed by atoms with van der Waals surface area (Å²) >= 11 is 0. The first kappa shape index (κ1) is 13.9. The largest absolute Gasteiger partial charge is 0.378 e. The first-order valence-electron chi connectivity index (χ1n) is 6.76. The van der Waals surface area contributed by atoms with Gasteiger partial charge in [0.05, 0.1) is 6.10 Å². The van der Waals surface area contributed by atoms with Crippen LogP contribution in [0.1, 0.15) is 52.9 Å².